The Morgan fingerprint density at radius 2 is 1.62 bits per heavy atom. The average Bonchev–Trinajstić information content (AvgIpc) is 3.27. The van der Waals surface area contributed by atoms with Crippen molar-refractivity contribution in [1.29, 1.82) is 0 Å². The van der Waals surface area contributed by atoms with Crippen LogP contribution in [0.15, 0.2) is 30.3 Å². The molecule has 2 spiro atoms. The molecular weight excluding hydrogens is 260 g/mol. The molecule has 0 bridgehead atoms. The van der Waals surface area contributed by atoms with Crippen molar-refractivity contribution in [3.63, 3.8) is 0 Å². The van der Waals surface area contributed by atoms with Crippen molar-refractivity contribution in [3.05, 3.63) is 30.3 Å². The van der Waals surface area contributed by atoms with Crippen LogP contribution in [-0.4, -0.2) is 37.4 Å². The summed E-state index contributed by atoms with van der Waals surface area (Å²) in [6, 6.07) is 11.6. The number of anilines is 1. The van der Waals surface area contributed by atoms with Gasteiger partial charge in [-0.2, -0.15) is 0 Å². The number of nitrogens with one attached hydrogen (secondary N) is 1. The van der Waals surface area contributed by atoms with Crippen LogP contribution in [0.5, 0.6) is 0 Å². The van der Waals surface area contributed by atoms with Crippen molar-refractivity contribution in [1.82, 2.24) is 5.32 Å². The van der Waals surface area contributed by atoms with Crippen LogP contribution in [0.2, 0.25) is 0 Å². The van der Waals surface area contributed by atoms with Gasteiger partial charge in [-0.15, -0.1) is 0 Å². The summed E-state index contributed by atoms with van der Waals surface area (Å²) in [5, 5.41) is 3.44. The quantitative estimate of drug-likeness (QED) is 0.904. The number of morpholine rings is 1. The minimum Gasteiger partial charge on any atom is -0.366 e. The molecule has 1 aromatic rings. The van der Waals surface area contributed by atoms with E-state index in [2.05, 4.69) is 47.6 Å². The van der Waals surface area contributed by atoms with Crippen LogP contribution in [0.1, 0.15) is 38.5 Å². The summed E-state index contributed by atoms with van der Waals surface area (Å²) in [6.45, 7) is 2.14. The van der Waals surface area contributed by atoms with Gasteiger partial charge in [-0.1, -0.05) is 18.2 Å². The maximum atomic E-state index is 6.69. The lowest BCUT2D eigenvalue weighted by atomic mass is 9.80. The van der Waals surface area contributed by atoms with Crippen molar-refractivity contribution >= 4 is 5.69 Å². The molecule has 21 heavy (non-hydrogen) atoms. The highest BCUT2D eigenvalue weighted by Crippen LogP contribution is 2.50. The number of rotatable bonds is 2. The zero-order chi connectivity index (χ0) is 14.3. The summed E-state index contributed by atoms with van der Waals surface area (Å²) >= 11 is 0. The molecule has 0 radical (unpaired) electrons. The fourth-order valence-corrected chi connectivity index (χ4v) is 4.19. The van der Waals surface area contributed by atoms with Crippen molar-refractivity contribution in [3.8, 4) is 0 Å². The van der Waals surface area contributed by atoms with Gasteiger partial charge in [0.05, 0.1) is 11.2 Å². The van der Waals surface area contributed by atoms with Crippen LogP contribution < -0.4 is 10.2 Å². The lowest BCUT2D eigenvalue weighted by molar-refractivity contribution is -0.140. The molecule has 1 heterocycles. The van der Waals surface area contributed by atoms with Crippen LogP contribution in [0.25, 0.3) is 0 Å². The molecule has 0 unspecified atom stereocenters. The van der Waals surface area contributed by atoms with E-state index in [-0.39, 0.29) is 11.2 Å². The molecule has 1 saturated heterocycles. The van der Waals surface area contributed by atoms with Crippen LogP contribution in [0.3, 0.4) is 0 Å². The van der Waals surface area contributed by atoms with Gasteiger partial charge in [0.1, 0.15) is 0 Å². The normalized spacial score (nSPS) is 34.3. The number of nitrogens with zero attached hydrogens (tertiary/aromatic N) is 1. The molecule has 3 nitrogen and oxygen atoms in total. The van der Waals surface area contributed by atoms with E-state index >= 15 is 0 Å². The summed E-state index contributed by atoms with van der Waals surface area (Å²) in [7, 11) is 2.09. The second kappa shape index (κ2) is 4.99. The lowest BCUT2D eigenvalue weighted by Crippen LogP contribution is -2.59. The number of hydrogen-bond acceptors (Lipinski definition) is 3. The Morgan fingerprint density at radius 3 is 2.19 bits per heavy atom. The second-order valence-electron chi connectivity index (χ2n) is 7.22. The Labute approximate surface area is 127 Å². The van der Waals surface area contributed by atoms with Crippen molar-refractivity contribution < 1.29 is 4.74 Å². The fourth-order valence-electron chi connectivity index (χ4n) is 4.19. The first-order valence-corrected chi connectivity index (χ1v) is 8.40. The third-order valence-corrected chi connectivity index (χ3v) is 5.63. The predicted octanol–water partition coefficient (Wildman–Crippen LogP) is 2.96. The molecular formula is C18H26N2O. The zero-order valence-corrected chi connectivity index (χ0v) is 13.0. The van der Waals surface area contributed by atoms with E-state index in [0.29, 0.717) is 6.04 Å². The molecule has 0 atom stereocenters. The Morgan fingerprint density at radius 1 is 1.00 bits per heavy atom. The molecule has 3 fully saturated rings. The Hall–Kier alpha value is -1.06. The fraction of sp³-hybridized carbons (Fsp3) is 0.667. The molecule has 1 aromatic carbocycles. The Bertz CT molecular complexity index is 489. The highest BCUT2D eigenvalue weighted by atomic mass is 16.5. The molecule has 4 rings (SSSR count). The Balaban J connectivity index is 1.56. The summed E-state index contributed by atoms with van der Waals surface area (Å²) in [5.74, 6) is 0. The zero-order valence-electron chi connectivity index (χ0n) is 13.0. The standard InChI is InChI=1S/C18H26N2O/c1-19-15-7-9-17(10-8-15)13-20(14-18(21-17)11-12-18)16-5-3-2-4-6-16/h2-6,15,19H,7-14H2,1H3/t15-,17+. The van der Waals surface area contributed by atoms with Crippen LogP contribution >= 0.6 is 0 Å². The van der Waals surface area contributed by atoms with E-state index in [1.54, 1.807) is 0 Å². The third kappa shape index (κ3) is 2.58. The molecule has 1 N–H and O–H groups in total. The van der Waals surface area contributed by atoms with Gasteiger partial charge in [-0.3, -0.25) is 0 Å². The summed E-state index contributed by atoms with van der Waals surface area (Å²) in [5.41, 5.74) is 1.63. The minimum atomic E-state index is 0.0952. The number of benzene rings is 1. The molecule has 114 valence electrons. The first-order valence-electron chi connectivity index (χ1n) is 8.40. The van der Waals surface area contributed by atoms with E-state index in [1.165, 1.54) is 44.2 Å². The van der Waals surface area contributed by atoms with E-state index in [0.717, 1.165) is 13.1 Å². The van der Waals surface area contributed by atoms with Gasteiger partial charge in [0.15, 0.2) is 0 Å². The molecule has 1 aliphatic heterocycles. The first-order chi connectivity index (χ1) is 10.2. The predicted molar refractivity (Wildman–Crippen MR) is 85.8 cm³/mol. The summed E-state index contributed by atoms with van der Waals surface area (Å²) in [4.78, 5) is 2.58. The molecule has 0 aromatic heterocycles. The smallest absolute Gasteiger partial charge is 0.0867 e. The monoisotopic (exact) mass is 286 g/mol. The topological polar surface area (TPSA) is 24.5 Å². The Kier molecular flexibility index (Phi) is 3.23. The third-order valence-electron chi connectivity index (χ3n) is 5.63. The van der Waals surface area contributed by atoms with Gasteiger partial charge in [-0.05, 0) is 57.7 Å². The maximum Gasteiger partial charge on any atom is 0.0867 e. The highest BCUT2D eigenvalue weighted by Gasteiger charge is 2.55. The van der Waals surface area contributed by atoms with Crippen molar-refractivity contribution in [2.75, 3.05) is 25.0 Å². The van der Waals surface area contributed by atoms with Gasteiger partial charge in [-0.25, -0.2) is 0 Å². The van der Waals surface area contributed by atoms with E-state index in [9.17, 15) is 0 Å². The van der Waals surface area contributed by atoms with Crippen LogP contribution in [0.4, 0.5) is 5.69 Å². The molecule has 3 aliphatic rings. The van der Waals surface area contributed by atoms with Crippen molar-refractivity contribution in [2.45, 2.75) is 55.8 Å². The van der Waals surface area contributed by atoms with Crippen LogP contribution in [0, 0.1) is 0 Å². The molecule has 0 amide bonds. The first kappa shape index (κ1) is 13.6. The van der Waals surface area contributed by atoms with E-state index in [4.69, 9.17) is 4.74 Å². The van der Waals surface area contributed by atoms with Gasteiger partial charge in [0, 0.05) is 24.8 Å². The van der Waals surface area contributed by atoms with Crippen LogP contribution in [-0.2, 0) is 4.74 Å². The second-order valence-corrected chi connectivity index (χ2v) is 7.22. The minimum absolute atomic E-state index is 0.0952. The molecule has 2 saturated carbocycles. The van der Waals surface area contributed by atoms with Gasteiger partial charge < -0.3 is 15.0 Å². The maximum absolute atomic E-state index is 6.69. The number of para-hydroxylation sites is 1. The highest BCUT2D eigenvalue weighted by molar-refractivity contribution is 5.48. The average molecular weight is 286 g/mol. The van der Waals surface area contributed by atoms with Gasteiger partial charge in [0.25, 0.3) is 0 Å². The lowest BCUT2D eigenvalue weighted by Gasteiger charge is -2.50. The number of hydrogen-bond donors (Lipinski definition) is 1. The van der Waals surface area contributed by atoms with Gasteiger partial charge >= 0.3 is 0 Å². The van der Waals surface area contributed by atoms with E-state index in [1.807, 2.05) is 0 Å². The number of ether oxygens (including phenoxy) is 1. The molecule has 2 aliphatic carbocycles. The molecule has 3 heteroatoms. The SMILES string of the molecule is CN[C@H]1CC[C@@]2(CC1)CN(c1ccccc1)CC1(CC1)O2. The largest absolute Gasteiger partial charge is 0.366 e. The summed E-state index contributed by atoms with van der Waals surface area (Å²) in [6.07, 6.45) is 7.37. The van der Waals surface area contributed by atoms with Crippen molar-refractivity contribution in [2.24, 2.45) is 0 Å². The van der Waals surface area contributed by atoms with Gasteiger partial charge in [0.2, 0.25) is 0 Å². The summed E-state index contributed by atoms with van der Waals surface area (Å²) < 4.78 is 6.69. The van der Waals surface area contributed by atoms with E-state index < -0.39 is 0 Å².